The van der Waals surface area contributed by atoms with Gasteiger partial charge in [0.05, 0.1) is 0 Å². The van der Waals surface area contributed by atoms with E-state index in [2.05, 4.69) is 37.3 Å². The van der Waals surface area contributed by atoms with Gasteiger partial charge < -0.3 is 20.0 Å². The lowest BCUT2D eigenvalue weighted by Gasteiger charge is -2.34. The molecule has 4 heterocycles. The van der Waals surface area contributed by atoms with Gasteiger partial charge in [-0.05, 0) is 44.5 Å². The van der Waals surface area contributed by atoms with Gasteiger partial charge in [-0.15, -0.1) is 15.3 Å². The van der Waals surface area contributed by atoms with Crippen LogP contribution in [-0.4, -0.2) is 94.4 Å². The summed E-state index contributed by atoms with van der Waals surface area (Å²) in [5.41, 5.74) is 0.0487. The summed E-state index contributed by atoms with van der Waals surface area (Å²) in [4.78, 5) is 19.3. The quantitative estimate of drug-likeness (QED) is 0.617. The van der Waals surface area contributed by atoms with E-state index >= 15 is 0 Å². The molecule has 4 rings (SSSR count). The number of likely N-dealkylation sites (N-methyl/N-ethyl adjacent to an activating group) is 1. The maximum absolute atomic E-state index is 13.1. The van der Waals surface area contributed by atoms with E-state index in [1.54, 1.807) is 6.07 Å². The standard InChI is InChI=1S/C21H31F3N8O/c1-2-29-12-14-30(15-13-29)9-3-8-25-19(33)16-6-10-31(11-7-16)18-5-4-17-26-27-20(21(22,23)24)32(17)28-18/h4-5,16H,2-3,6-15H2,1H3,(H,25,33). The fourth-order valence-corrected chi connectivity index (χ4v) is 4.48. The molecule has 0 aromatic carbocycles. The highest BCUT2D eigenvalue weighted by Crippen LogP contribution is 2.28. The number of rotatable bonds is 7. The second-order valence-corrected chi connectivity index (χ2v) is 8.66. The molecule has 0 spiro atoms. The number of carbonyl (C=O) groups excluding carboxylic acids is 1. The first kappa shape index (κ1) is 23.7. The van der Waals surface area contributed by atoms with Gasteiger partial charge in [0, 0.05) is 51.7 Å². The lowest BCUT2D eigenvalue weighted by molar-refractivity contribution is -0.146. The maximum Gasteiger partial charge on any atom is 0.453 e. The molecule has 182 valence electrons. The molecule has 2 saturated heterocycles. The van der Waals surface area contributed by atoms with Crippen LogP contribution in [0.25, 0.3) is 5.65 Å². The van der Waals surface area contributed by atoms with Crippen LogP contribution >= 0.6 is 0 Å². The molecule has 0 unspecified atom stereocenters. The highest BCUT2D eigenvalue weighted by Gasteiger charge is 2.38. The van der Waals surface area contributed by atoms with Crippen molar-refractivity contribution in [2.75, 3.05) is 63.8 Å². The number of amides is 1. The summed E-state index contributed by atoms with van der Waals surface area (Å²) in [6, 6.07) is 3.12. The van der Waals surface area contributed by atoms with Crippen LogP contribution in [0.4, 0.5) is 19.0 Å². The zero-order valence-electron chi connectivity index (χ0n) is 18.9. The topological polar surface area (TPSA) is 81.9 Å². The van der Waals surface area contributed by atoms with Crippen molar-refractivity contribution in [2.24, 2.45) is 5.92 Å². The predicted octanol–water partition coefficient (Wildman–Crippen LogP) is 1.50. The van der Waals surface area contributed by atoms with Crippen molar-refractivity contribution in [2.45, 2.75) is 32.4 Å². The molecule has 33 heavy (non-hydrogen) atoms. The molecule has 2 aromatic rings. The van der Waals surface area contributed by atoms with E-state index in [4.69, 9.17) is 0 Å². The van der Waals surface area contributed by atoms with Gasteiger partial charge in [0.15, 0.2) is 5.65 Å². The first-order valence-electron chi connectivity index (χ1n) is 11.6. The molecule has 2 aromatic heterocycles. The molecular formula is C21H31F3N8O. The summed E-state index contributed by atoms with van der Waals surface area (Å²) >= 11 is 0. The number of piperidine rings is 1. The zero-order valence-corrected chi connectivity index (χ0v) is 18.9. The van der Waals surface area contributed by atoms with Crippen LogP contribution in [0.2, 0.25) is 0 Å². The van der Waals surface area contributed by atoms with E-state index in [-0.39, 0.29) is 17.5 Å². The van der Waals surface area contributed by atoms with Gasteiger partial charge in [-0.3, -0.25) is 4.79 Å². The van der Waals surface area contributed by atoms with Crippen molar-refractivity contribution in [3.63, 3.8) is 0 Å². The number of fused-ring (bicyclic) bond motifs is 1. The smallest absolute Gasteiger partial charge is 0.356 e. The van der Waals surface area contributed by atoms with Gasteiger partial charge in [0.25, 0.3) is 5.82 Å². The SMILES string of the molecule is CCN1CCN(CCCNC(=O)C2CCN(c3ccc4nnc(C(F)(F)F)n4n3)CC2)CC1. The molecule has 1 N–H and O–H groups in total. The molecule has 12 heteroatoms. The van der Waals surface area contributed by atoms with Crippen molar-refractivity contribution in [1.82, 2.24) is 34.9 Å². The second-order valence-electron chi connectivity index (χ2n) is 8.66. The minimum absolute atomic E-state index is 0.0487. The van der Waals surface area contributed by atoms with Gasteiger partial charge in [-0.1, -0.05) is 6.92 Å². The fraction of sp³-hybridized carbons (Fsp3) is 0.714. The molecule has 1 amide bonds. The van der Waals surface area contributed by atoms with E-state index in [0.717, 1.165) is 50.2 Å². The Balaban J connectivity index is 1.21. The van der Waals surface area contributed by atoms with Crippen molar-refractivity contribution < 1.29 is 18.0 Å². The number of halogens is 3. The van der Waals surface area contributed by atoms with Crippen LogP contribution in [0, 0.1) is 5.92 Å². The molecule has 2 aliphatic heterocycles. The number of anilines is 1. The Bertz CT molecular complexity index is 933. The number of hydrogen-bond acceptors (Lipinski definition) is 7. The number of nitrogens with one attached hydrogen (secondary N) is 1. The fourth-order valence-electron chi connectivity index (χ4n) is 4.48. The number of aromatic nitrogens is 4. The minimum atomic E-state index is -4.63. The third kappa shape index (κ3) is 5.72. The molecule has 0 aliphatic carbocycles. The lowest BCUT2D eigenvalue weighted by Crippen LogP contribution is -2.47. The van der Waals surface area contributed by atoms with Crippen LogP contribution in [-0.2, 0) is 11.0 Å². The Hall–Kier alpha value is -2.47. The number of hydrogen-bond donors (Lipinski definition) is 1. The summed E-state index contributed by atoms with van der Waals surface area (Å²) in [7, 11) is 0. The third-order valence-electron chi connectivity index (χ3n) is 6.55. The monoisotopic (exact) mass is 468 g/mol. The number of piperazine rings is 1. The first-order chi connectivity index (χ1) is 15.8. The van der Waals surface area contributed by atoms with E-state index < -0.39 is 12.0 Å². The summed E-state index contributed by atoms with van der Waals surface area (Å²) < 4.78 is 40.0. The van der Waals surface area contributed by atoms with Gasteiger partial charge >= 0.3 is 6.18 Å². The van der Waals surface area contributed by atoms with E-state index in [0.29, 0.717) is 38.3 Å². The van der Waals surface area contributed by atoms with Crippen LogP contribution in [0.5, 0.6) is 0 Å². The largest absolute Gasteiger partial charge is 0.453 e. The Morgan fingerprint density at radius 1 is 1.06 bits per heavy atom. The number of alkyl halides is 3. The molecule has 0 saturated carbocycles. The van der Waals surface area contributed by atoms with Gasteiger partial charge in [0.2, 0.25) is 5.91 Å². The van der Waals surface area contributed by atoms with Gasteiger partial charge in [-0.25, -0.2) is 0 Å². The molecule has 2 fully saturated rings. The minimum Gasteiger partial charge on any atom is -0.356 e. The van der Waals surface area contributed by atoms with Crippen molar-refractivity contribution in [1.29, 1.82) is 0 Å². The van der Waals surface area contributed by atoms with Crippen LogP contribution in [0.15, 0.2) is 12.1 Å². The number of carbonyl (C=O) groups is 1. The summed E-state index contributed by atoms with van der Waals surface area (Å²) in [6.45, 7) is 10.4. The van der Waals surface area contributed by atoms with Gasteiger partial charge in [0.1, 0.15) is 5.82 Å². The first-order valence-corrected chi connectivity index (χ1v) is 11.6. The normalized spacial score (nSPS) is 19.3. The third-order valence-corrected chi connectivity index (χ3v) is 6.55. The predicted molar refractivity (Wildman–Crippen MR) is 117 cm³/mol. The molecule has 0 bridgehead atoms. The molecular weight excluding hydrogens is 437 g/mol. The van der Waals surface area contributed by atoms with Crippen molar-refractivity contribution in [3.8, 4) is 0 Å². The molecule has 0 atom stereocenters. The lowest BCUT2D eigenvalue weighted by atomic mass is 9.96. The van der Waals surface area contributed by atoms with Crippen LogP contribution in [0.3, 0.4) is 0 Å². The maximum atomic E-state index is 13.1. The summed E-state index contributed by atoms with van der Waals surface area (Å²) in [5, 5.41) is 13.9. The zero-order chi connectivity index (χ0) is 23.4. The molecule has 2 aliphatic rings. The Morgan fingerprint density at radius 3 is 2.42 bits per heavy atom. The Morgan fingerprint density at radius 2 is 1.76 bits per heavy atom. The van der Waals surface area contributed by atoms with E-state index in [1.165, 1.54) is 6.07 Å². The highest BCUT2D eigenvalue weighted by molar-refractivity contribution is 5.78. The average molecular weight is 469 g/mol. The van der Waals surface area contributed by atoms with Crippen molar-refractivity contribution in [3.05, 3.63) is 18.0 Å². The Kier molecular flexibility index (Phi) is 7.32. The van der Waals surface area contributed by atoms with Crippen LogP contribution < -0.4 is 10.2 Å². The van der Waals surface area contributed by atoms with E-state index in [9.17, 15) is 18.0 Å². The summed E-state index contributed by atoms with van der Waals surface area (Å²) in [5.74, 6) is -0.735. The molecule has 0 radical (unpaired) electrons. The molecule has 9 nitrogen and oxygen atoms in total. The summed E-state index contributed by atoms with van der Waals surface area (Å²) in [6.07, 6.45) is -2.42. The second kappa shape index (κ2) is 10.2. The average Bonchev–Trinajstić information content (AvgIpc) is 3.26. The number of nitrogens with zero attached hydrogens (tertiary/aromatic N) is 7. The van der Waals surface area contributed by atoms with Crippen molar-refractivity contribution >= 4 is 17.4 Å². The Labute approximate surface area is 190 Å². The van der Waals surface area contributed by atoms with Gasteiger partial charge in [-0.2, -0.15) is 17.7 Å². The van der Waals surface area contributed by atoms with E-state index in [1.807, 2.05) is 4.90 Å². The highest BCUT2D eigenvalue weighted by atomic mass is 19.4. The van der Waals surface area contributed by atoms with Crippen LogP contribution in [0.1, 0.15) is 32.0 Å².